The molecule has 1 rings (SSSR count). The monoisotopic (exact) mass is 267 g/mol. The molecule has 18 heavy (non-hydrogen) atoms. The zero-order valence-electron chi connectivity index (χ0n) is 11.4. The van der Waals surface area contributed by atoms with E-state index in [0.29, 0.717) is 5.02 Å². The first-order valence-electron chi connectivity index (χ1n) is 6.33. The molecule has 0 aromatic heterocycles. The summed E-state index contributed by atoms with van der Waals surface area (Å²) in [6.45, 7) is 8.23. The van der Waals surface area contributed by atoms with Crippen LogP contribution in [0, 0.1) is 0 Å². The van der Waals surface area contributed by atoms with Crippen molar-refractivity contribution in [2.75, 3.05) is 7.05 Å². The number of halogens is 1. The van der Waals surface area contributed by atoms with Gasteiger partial charge in [-0.1, -0.05) is 36.7 Å². The van der Waals surface area contributed by atoms with Gasteiger partial charge in [-0.15, -0.1) is 0 Å². The normalized spacial score (nSPS) is 14.0. The highest BCUT2D eigenvalue weighted by Crippen LogP contribution is 2.20. The number of nitrogens with one attached hydrogen (secondary N) is 1. The zero-order valence-corrected chi connectivity index (χ0v) is 12.1. The Morgan fingerprint density at radius 3 is 2.78 bits per heavy atom. The molecule has 1 aromatic rings. The first-order valence-corrected chi connectivity index (χ1v) is 6.70. The van der Waals surface area contributed by atoms with Crippen LogP contribution in [0.3, 0.4) is 0 Å². The number of benzene rings is 1. The maximum Gasteiger partial charge on any atom is 0.121 e. The second-order valence-electron chi connectivity index (χ2n) is 4.48. The molecule has 0 aliphatic carbocycles. The van der Waals surface area contributed by atoms with E-state index in [1.165, 1.54) is 5.57 Å². The van der Waals surface area contributed by atoms with E-state index in [0.717, 1.165) is 18.6 Å². The SMILES string of the molecule is C=C(CC)CC(NC)C(C)Oc1cccc(Cl)c1. The van der Waals surface area contributed by atoms with Gasteiger partial charge in [0.05, 0.1) is 0 Å². The lowest BCUT2D eigenvalue weighted by atomic mass is 10.0. The molecule has 0 radical (unpaired) electrons. The van der Waals surface area contributed by atoms with Crippen LogP contribution in [0.1, 0.15) is 26.7 Å². The average molecular weight is 268 g/mol. The smallest absolute Gasteiger partial charge is 0.121 e. The van der Waals surface area contributed by atoms with Crippen molar-refractivity contribution in [1.82, 2.24) is 5.32 Å². The second kappa shape index (κ2) is 7.45. The summed E-state index contributed by atoms with van der Waals surface area (Å²) in [6, 6.07) is 7.75. The van der Waals surface area contributed by atoms with Crippen molar-refractivity contribution in [1.29, 1.82) is 0 Å². The third kappa shape index (κ3) is 4.71. The highest BCUT2D eigenvalue weighted by Gasteiger charge is 2.17. The minimum absolute atomic E-state index is 0.0665. The fraction of sp³-hybridized carbons (Fsp3) is 0.467. The molecule has 0 aliphatic heterocycles. The van der Waals surface area contributed by atoms with Gasteiger partial charge in [-0.2, -0.15) is 0 Å². The number of ether oxygens (including phenoxy) is 1. The van der Waals surface area contributed by atoms with Crippen molar-refractivity contribution in [2.45, 2.75) is 38.8 Å². The summed E-state index contributed by atoms with van der Waals surface area (Å²) in [6.07, 6.45) is 1.99. The molecule has 2 atom stereocenters. The fourth-order valence-corrected chi connectivity index (χ4v) is 1.98. The van der Waals surface area contributed by atoms with E-state index in [1.807, 2.05) is 31.3 Å². The topological polar surface area (TPSA) is 21.3 Å². The Hall–Kier alpha value is -0.990. The molecule has 0 fully saturated rings. The van der Waals surface area contributed by atoms with Gasteiger partial charge in [0.2, 0.25) is 0 Å². The van der Waals surface area contributed by atoms with Gasteiger partial charge in [-0.05, 0) is 45.0 Å². The summed E-state index contributed by atoms with van der Waals surface area (Å²) in [7, 11) is 1.95. The van der Waals surface area contributed by atoms with Gasteiger partial charge in [-0.25, -0.2) is 0 Å². The Bertz CT molecular complexity index is 392. The van der Waals surface area contributed by atoms with Gasteiger partial charge in [0.15, 0.2) is 0 Å². The van der Waals surface area contributed by atoms with Gasteiger partial charge >= 0.3 is 0 Å². The lowest BCUT2D eigenvalue weighted by Gasteiger charge is -2.25. The highest BCUT2D eigenvalue weighted by atomic mass is 35.5. The summed E-state index contributed by atoms with van der Waals surface area (Å²) in [5.74, 6) is 0.803. The maximum atomic E-state index is 5.94. The van der Waals surface area contributed by atoms with Gasteiger partial charge in [0.25, 0.3) is 0 Å². The molecule has 0 heterocycles. The second-order valence-corrected chi connectivity index (χ2v) is 4.92. The maximum absolute atomic E-state index is 5.94. The quantitative estimate of drug-likeness (QED) is 0.753. The molecule has 1 aromatic carbocycles. The fourth-order valence-electron chi connectivity index (χ4n) is 1.80. The molecule has 0 bridgehead atoms. The Labute approximate surface area is 115 Å². The van der Waals surface area contributed by atoms with Crippen LogP contribution >= 0.6 is 11.6 Å². The van der Waals surface area contributed by atoms with Crippen LogP contribution in [-0.2, 0) is 0 Å². The largest absolute Gasteiger partial charge is 0.489 e. The average Bonchev–Trinajstić information content (AvgIpc) is 2.35. The molecule has 0 spiro atoms. The molecule has 0 aliphatic rings. The number of likely N-dealkylation sites (N-methyl/N-ethyl adjacent to an activating group) is 1. The van der Waals surface area contributed by atoms with Crippen LogP contribution in [0.4, 0.5) is 0 Å². The Morgan fingerprint density at radius 1 is 1.50 bits per heavy atom. The van der Waals surface area contributed by atoms with Crippen molar-refractivity contribution >= 4 is 11.6 Å². The Morgan fingerprint density at radius 2 is 2.22 bits per heavy atom. The molecule has 3 heteroatoms. The molecule has 1 N–H and O–H groups in total. The summed E-state index contributed by atoms with van der Waals surface area (Å²) >= 11 is 5.94. The molecule has 100 valence electrons. The van der Waals surface area contributed by atoms with Crippen LogP contribution in [-0.4, -0.2) is 19.2 Å². The lowest BCUT2D eigenvalue weighted by Crippen LogP contribution is -2.39. The highest BCUT2D eigenvalue weighted by molar-refractivity contribution is 6.30. The minimum atomic E-state index is 0.0665. The molecular weight excluding hydrogens is 246 g/mol. The molecule has 2 unspecified atom stereocenters. The van der Waals surface area contributed by atoms with E-state index in [2.05, 4.69) is 25.7 Å². The molecular formula is C15H22ClNO. The van der Waals surface area contributed by atoms with Gasteiger partial charge in [0, 0.05) is 11.1 Å². The first-order chi connectivity index (χ1) is 8.56. The lowest BCUT2D eigenvalue weighted by molar-refractivity contribution is 0.173. The van der Waals surface area contributed by atoms with Crippen LogP contribution in [0.25, 0.3) is 0 Å². The Kier molecular flexibility index (Phi) is 6.23. The molecule has 0 amide bonds. The van der Waals surface area contributed by atoms with Crippen LogP contribution in [0.15, 0.2) is 36.4 Å². The number of hydrogen-bond acceptors (Lipinski definition) is 2. The Balaban J connectivity index is 2.61. The number of hydrogen-bond donors (Lipinski definition) is 1. The number of rotatable bonds is 7. The van der Waals surface area contributed by atoms with E-state index < -0.39 is 0 Å². The predicted octanol–water partition coefficient (Wildman–Crippen LogP) is 4.05. The van der Waals surface area contributed by atoms with E-state index in [4.69, 9.17) is 16.3 Å². The van der Waals surface area contributed by atoms with Gasteiger partial charge in [0.1, 0.15) is 11.9 Å². The van der Waals surface area contributed by atoms with Crippen LogP contribution in [0.5, 0.6) is 5.75 Å². The third-order valence-corrected chi connectivity index (χ3v) is 3.30. The van der Waals surface area contributed by atoms with E-state index in [-0.39, 0.29) is 12.1 Å². The van der Waals surface area contributed by atoms with Crippen molar-refractivity contribution in [2.24, 2.45) is 0 Å². The molecule has 2 nitrogen and oxygen atoms in total. The van der Waals surface area contributed by atoms with Crippen molar-refractivity contribution < 1.29 is 4.74 Å². The minimum Gasteiger partial charge on any atom is -0.489 e. The summed E-state index contributed by atoms with van der Waals surface area (Å²) in [4.78, 5) is 0. The molecule has 0 saturated heterocycles. The van der Waals surface area contributed by atoms with E-state index in [9.17, 15) is 0 Å². The van der Waals surface area contributed by atoms with Crippen molar-refractivity contribution in [3.05, 3.63) is 41.4 Å². The van der Waals surface area contributed by atoms with Gasteiger partial charge < -0.3 is 10.1 Å². The summed E-state index contributed by atoms with van der Waals surface area (Å²) < 4.78 is 5.91. The van der Waals surface area contributed by atoms with Crippen LogP contribution < -0.4 is 10.1 Å². The molecule has 0 saturated carbocycles. The summed E-state index contributed by atoms with van der Waals surface area (Å²) in [5.41, 5.74) is 1.23. The van der Waals surface area contributed by atoms with E-state index >= 15 is 0 Å². The first kappa shape index (κ1) is 15.1. The van der Waals surface area contributed by atoms with E-state index in [1.54, 1.807) is 0 Å². The van der Waals surface area contributed by atoms with Gasteiger partial charge in [-0.3, -0.25) is 0 Å². The van der Waals surface area contributed by atoms with Crippen molar-refractivity contribution in [3.8, 4) is 5.75 Å². The summed E-state index contributed by atoms with van der Waals surface area (Å²) in [5, 5.41) is 3.98. The van der Waals surface area contributed by atoms with Crippen LogP contribution in [0.2, 0.25) is 5.02 Å². The van der Waals surface area contributed by atoms with Crippen molar-refractivity contribution in [3.63, 3.8) is 0 Å². The third-order valence-electron chi connectivity index (χ3n) is 3.06. The zero-order chi connectivity index (χ0) is 13.5. The predicted molar refractivity (Wildman–Crippen MR) is 78.4 cm³/mol. The standard InChI is InChI=1S/C15H22ClNO/c1-5-11(2)9-15(17-4)12(3)18-14-8-6-7-13(16)10-14/h6-8,10,12,15,17H,2,5,9H2,1,3-4H3.